The second kappa shape index (κ2) is 3.84. The molecule has 0 saturated carbocycles. The fraction of sp³-hybridized carbons (Fsp3) is 0.167. The molecule has 0 spiro atoms. The van der Waals surface area contributed by atoms with Crippen molar-refractivity contribution < 1.29 is 4.42 Å². The van der Waals surface area contributed by atoms with Crippen LogP contribution < -0.4 is 5.38 Å². The van der Waals surface area contributed by atoms with E-state index in [2.05, 4.69) is 37.4 Å². The van der Waals surface area contributed by atoms with Crippen LogP contribution in [0.5, 0.6) is 0 Å². The summed E-state index contributed by atoms with van der Waals surface area (Å²) in [6, 6.07) is 14.4. The summed E-state index contributed by atoms with van der Waals surface area (Å²) >= 11 is 0. The molecule has 0 aliphatic rings. The van der Waals surface area contributed by atoms with Crippen LogP contribution in [0.15, 0.2) is 46.9 Å². The van der Waals surface area contributed by atoms with Gasteiger partial charge in [-0.15, -0.1) is 0 Å². The van der Waals surface area contributed by atoms with Gasteiger partial charge in [0.15, 0.2) is 0 Å². The molecule has 72 valence electrons. The molecule has 0 radical (unpaired) electrons. The van der Waals surface area contributed by atoms with Crippen LogP contribution in [0.4, 0.5) is 0 Å². The van der Waals surface area contributed by atoms with Gasteiger partial charge >= 0.3 is 0 Å². The summed E-state index contributed by atoms with van der Waals surface area (Å²) in [6.07, 6.45) is 0. The first-order chi connectivity index (χ1) is 6.77. The van der Waals surface area contributed by atoms with Crippen LogP contribution in [-0.4, -0.2) is 8.80 Å². The fourth-order valence-corrected chi connectivity index (χ4v) is 2.26. The molecule has 0 saturated heterocycles. The van der Waals surface area contributed by atoms with Crippen LogP contribution in [0.3, 0.4) is 0 Å². The van der Waals surface area contributed by atoms with Crippen molar-refractivity contribution in [3.63, 3.8) is 0 Å². The standard InChI is InChI=1S/C12H14OSi/c1-14(2)12-9-8-11(13-12)10-6-4-3-5-7-10/h3-9,14H,1-2H3. The average Bonchev–Trinajstić information content (AvgIpc) is 2.68. The highest BCUT2D eigenvalue weighted by Gasteiger charge is 2.07. The van der Waals surface area contributed by atoms with Crippen molar-refractivity contribution in [2.75, 3.05) is 0 Å². The molecule has 1 aromatic heterocycles. The minimum absolute atomic E-state index is 0.798. The number of furan rings is 1. The summed E-state index contributed by atoms with van der Waals surface area (Å²) in [7, 11) is -0.798. The molecule has 0 aliphatic carbocycles. The minimum atomic E-state index is -0.798. The molecule has 0 unspecified atom stereocenters. The molecule has 1 aromatic carbocycles. The first-order valence-corrected chi connectivity index (χ1v) is 7.81. The van der Waals surface area contributed by atoms with E-state index >= 15 is 0 Å². The third kappa shape index (κ3) is 1.80. The maximum Gasteiger partial charge on any atom is 0.133 e. The van der Waals surface area contributed by atoms with Gasteiger partial charge in [0.25, 0.3) is 0 Å². The Bertz CT molecular complexity index is 403. The summed E-state index contributed by atoms with van der Waals surface area (Å²) in [5, 5.41) is 1.18. The zero-order valence-corrected chi connectivity index (χ0v) is 9.68. The zero-order chi connectivity index (χ0) is 9.97. The lowest BCUT2D eigenvalue weighted by atomic mass is 10.2. The molecule has 0 N–H and O–H groups in total. The maximum atomic E-state index is 5.79. The Morgan fingerprint density at radius 3 is 2.21 bits per heavy atom. The van der Waals surface area contributed by atoms with Gasteiger partial charge in [-0.2, -0.15) is 0 Å². The monoisotopic (exact) mass is 202 g/mol. The summed E-state index contributed by atoms with van der Waals surface area (Å²) in [5.74, 6) is 0.988. The Balaban J connectivity index is 2.34. The van der Waals surface area contributed by atoms with E-state index < -0.39 is 8.80 Å². The lowest BCUT2D eigenvalue weighted by Crippen LogP contribution is -2.19. The minimum Gasteiger partial charge on any atom is -0.467 e. The predicted octanol–water partition coefficient (Wildman–Crippen LogP) is 2.64. The number of hydrogen-bond donors (Lipinski definition) is 0. The van der Waals surface area contributed by atoms with Gasteiger partial charge in [0.2, 0.25) is 0 Å². The molecule has 14 heavy (non-hydrogen) atoms. The molecule has 2 rings (SSSR count). The molecule has 0 aliphatic heterocycles. The van der Waals surface area contributed by atoms with E-state index in [0.29, 0.717) is 0 Å². The summed E-state index contributed by atoms with van der Waals surface area (Å²) < 4.78 is 5.79. The normalized spacial score (nSPS) is 10.8. The molecular weight excluding hydrogens is 188 g/mol. The van der Waals surface area contributed by atoms with Crippen LogP contribution in [0.25, 0.3) is 11.3 Å². The van der Waals surface area contributed by atoms with Crippen molar-refractivity contribution in [2.45, 2.75) is 13.1 Å². The third-order valence-electron chi connectivity index (χ3n) is 2.25. The second-order valence-corrected chi connectivity index (χ2v) is 6.60. The van der Waals surface area contributed by atoms with Crippen LogP contribution in [0.1, 0.15) is 0 Å². The number of hydrogen-bond acceptors (Lipinski definition) is 1. The van der Waals surface area contributed by atoms with E-state index in [9.17, 15) is 0 Å². The van der Waals surface area contributed by atoms with Crippen molar-refractivity contribution in [3.05, 3.63) is 42.5 Å². The lowest BCUT2D eigenvalue weighted by molar-refractivity contribution is 0.615. The van der Waals surface area contributed by atoms with Crippen molar-refractivity contribution in [1.29, 1.82) is 0 Å². The van der Waals surface area contributed by atoms with Gasteiger partial charge in [-0.05, 0) is 12.1 Å². The topological polar surface area (TPSA) is 13.1 Å². The molecule has 1 nitrogen and oxygen atoms in total. The Morgan fingerprint density at radius 2 is 1.64 bits per heavy atom. The third-order valence-corrected chi connectivity index (χ3v) is 3.70. The van der Waals surface area contributed by atoms with Gasteiger partial charge < -0.3 is 4.42 Å². The number of benzene rings is 1. The highest BCUT2D eigenvalue weighted by Crippen LogP contribution is 2.17. The second-order valence-electron chi connectivity index (χ2n) is 3.72. The van der Waals surface area contributed by atoms with Gasteiger partial charge in [0.1, 0.15) is 14.6 Å². The summed E-state index contributed by atoms with van der Waals surface area (Å²) in [6.45, 7) is 4.54. The fourth-order valence-electron chi connectivity index (χ4n) is 1.42. The van der Waals surface area contributed by atoms with Crippen LogP contribution in [-0.2, 0) is 0 Å². The molecule has 0 bridgehead atoms. The SMILES string of the molecule is C[SiH](C)c1ccc(-c2ccccc2)o1. The highest BCUT2D eigenvalue weighted by atomic mass is 28.3. The molecule has 0 fully saturated rings. The Labute approximate surface area is 86.0 Å². The Kier molecular flexibility index (Phi) is 2.55. The van der Waals surface area contributed by atoms with Gasteiger partial charge in [0, 0.05) is 5.56 Å². The summed E-state index contributed by atoms with van der Waals surface area (Å²) in [4.78, 5) is 0. The van der Waals surface area contributed by atoms with Crippen LogP contribution >= 0.6 is 0 Å². The average molecular weight is 202 g/mol. The van der Waals surface area contributed by atoms with Gasteiger partial charge in [-0.3, -0.25) is 0 Å². The first-order valence-electron chi connectivity index (χ1n) is 4.92. The van der Waals surface area contributed by atoms with Crippen molar-refractivity contribution in [1.82, 2.24) is 0 Å². The number of rotatable bonds is 2. The largest absolute Gasteiger partial charge is 0.467 e. The Morgan fingerprint density at radius 1 is 0.929 bits per heavy atom. The van der Waals surface area contributed by atoms with Crippen molar-refractivity contribution >= 4 is 14.2 Å². The molecule has 2 heteroatoms. The lowest BCUT2D eigenvalue weighted by Gasteiger charge is -1.98. The smallest absolute Gasteiger partial charge is 0.133 e. The van der Waals surface area contributed by atoms with E-state index in [1.165, 1.54) is 5.38 Å². The van der Waals surface area contributed by atoms with Gasteiger partial charge in [-0.1, -0.05) is 43.4 Å². The molecule has 2 aromatic rings. The summed E-state index contributed by atoms with van der Waals surface area (Å²) in [5.41, 5.74) is 1.16. The van der Waals surface area contributed by atoms with Crippen LogP contribution in [0, 0.1) is 0 Å². The van der Waals surface area contributed by atoms with E-state index in [0.717, 1.165) is 11.3 Å². The van der Waals surface area contributed by atoms with Crippen molar-refractivity contribution in [3.8, 4) is 11.3 Å². The van der Waals surface area contributed by atoms with Gasteiger partial charge in [-0.25, -0.2) is 0 Å². The van der Waals surface area contributed by atoms with E-state index in [-0.39, 0.29) is 0 Å². The molecule has 0 atom stereocenters. The molecule has 1 heterocycles. The van der Waals surface area contributed by atoms with E-state index in [1.54, 1.807) is 0 Å². The van der Waals surface area contributed by atoms with Crippen molar-refractivity contribution in [2.24, 2.45) is 0 Å². The van der Waals surface area contributed by atoms with Gasteiger partial charge in [0.05, 0.1) is 5.38 Å². The predicted molar refractivity (Wildman–Crippen MR) is 62.7 cm³/mol. The van der Waals surface area contributed by atoms with E-state index in [4.69, 9.17) is 4.42 Å². The maximum absolute atomic E-state index is 5.79. The van der Waals surface area contributed by atoms with Crippen LogP contribution in [0.2, 0.25) is 13.1 Å². The van der Waals surface area contributed by atoms with E-state index in [1.807, 2.05) is 18.2 Å². The molecular formula is C12H14OSi. The first kappa shape index (κ1) is 9.28. The quantitative estimate of drug-likeness (QED) is 0.682. The molecule has 0 amide bonds. The Hall–Kier alpha value is -1.28. The zero-order valence-electron chi connectivity index (χ0n) is 8.53. The highest BCUT2D eigenvalue weighted by molar-refractivity contribution is 6.69.